The van der Waals surface area contributed by atoms with Crippen LogP contribution in [0, 0.1) is 6.92 Å². The lowest BCUT2D eigenvalue weighted by Gasteiger charge is -2.33. The van der Waals surface area contributed by atoms with Crippen molar-refractivity contribution in [3.05, 3.63) is 23.8 Å². The Morgan fingerprint density at radius 2 is 1.74 bits per heavy atom. The maximum Gasteiger partial charge on any atom is 0.241 e. The molecule has 150 valence electrons. The molecule has 1 heterocycles. The molecule has 1 aliphatic heterocycles. The summed E-state index contributed by atoms with van der Waals surface area (Å²) in [5.74, 6) is -0.111. The number of sulfonamides is 1. The number of anilines is 2. The van der Waals surface area contributed by atoms with E-state index in [9.17, 15) is 18.0 Å². The predicted molar refractivity (Wildman–Crippen MR) is 106 cm³/mol. The number of hydrogen-bond acceptors (Lipinski definition) is 5. The molecule has 0 atom stereocenters. The molecule has 1 aromatic rings. The van der Waals surface area contributed by atoms with Crippen LogP contribution < -0.4 is 10.6 Å². The van der Waals surface area contributed by atoms with E-state index in [4.69, 9.17) is 0 Å². The molecule has 1 fully saturated rings. The Kier molecular flexibility index (Phi) is 7.20. The van der Waals surface area contributed by atoms with E-state index >= 15 is 0 Å². The fourth-order valence-electron chi connectivity index (χ4n) is 2.95. The second kappa shape index (κ2) is 9.18. The monoisotopic (exact) mass is 396 g/mol. The molecule has 2 rings (SSSR count). The zero-order valence-electron chi connectivity index (χ0n) is 16.1. The first-order valence-electron chi connectivity index (χ1n) is 9.08. The van der Waals surface area contributed by atoms with Gasteiger partial charge in [-0.1, -0.05) is 13.0 Å². The molecule has 2 N–H and O–H groups in total. The van der Waals surface area contributed by atoms with Crippen LogP contribution in [0.3, 0.4) is 0 Å². The summed E-state index contributed by atoms with van der Waals surface area (Å²) in [4.78, 5) is 25.9. The number of nitrogens with one attached hydrogen (secondary N) is 2. The zero-order valence-corrected chi connectivity index (χ0v) is 16.9. The first-order valence-corrected chi connectivity index (χ1v) is 10.9. The van der Waals surface area contributed by atoms with Gasteiger partial charge in [-0.25, -0.2) is 8.42 Å². The average Bonchev–Trinajstić information content (AvgIpc) is 2.62. The van der Waals surface area contributed by atoms with Crippen LogP contribution in [0.4, 0.5) is 11.4 Å². The standard InChI is InChI=1S/C18H28N4O4S/c1-4-6-17(23)20-16-8-5-7-15(14(16)2)19-13-18(24)21-9-11-22(12-10-21)27(3,25)26/h5,7-8,19H,4,6,9-13H2,1-3H3,(H,20,23). The minimum absolute atomic E-state index is 0.0300. The van der Waals surface area contributed by atoms with Crippen LogP contribution in [0.2, 0.25) is 0 Å². The van der Waals surface area contributed by atoms with E-state index < -0.39 is 10.0 Å². The van der Waals surface area contributed by atoms with E-state index in [0.717, 1.165) is 23.4 Å². The molecule has 0 spiro atoms. The minimum atomic E-state index is -3.21. The molecule has 0 bridgehead atoms. The number of piperazine rings is 1. The topological polar surface area (TPSA) is 98.8 Å². The molecule has 0 radical (unpaired) electrons. The summed E-state index contributed by atoms with van der Waals surface area (Å²) in [7, 11) is -3.21. The van der Waals surface area contributed by atoms with Gasteiger partial charge in [-0.2, -0.15) is 4.31 Å². The van der Waals surface area contributed by atoms with Crippen molar-refractivity contribution in [3.8, 4) is 0 Å². The van der Waals surface area contributed by atoms with Gasteiger partial charge in [0.1, 0.15) is 0 Å². The highest BCUT2D eigenvalue weighted by Crippen LogP contribution is 2.23. The highest BCUT2D eigenvalue weighted by atomic mass is 32.2. The van der Waals surface area contributed by atoms with Crippen LogP contribution >= 0.6 is 0 Å². The smallest absolute Gasteiger partial charge is 0.241 e. The Labute approximate surface area is 161 Å². The van der Waals surface area contributed by atoms with Gasteiger partial charge in [0.15, 0.2) is 0 Å². The zero-order chi connectivity index (χ0) is 20.0. The van der Waals surface area contributed by atoms with Crippen molar-refractivity contribution in [1.29, 1.82) is 0 Å². The molecule has 0 aromatic heterocycles. The van der Waals surface area contributed by atoms with Crippen molar-refractivity contribution in [2.45, 2.75) is 26.7 Å². The lowest BCUT2D eigenvalue weighted by Crippen LogP contribution is -2.51. The molecular weight excluding hydrogens is 368 g/mol. The Hall–Kier alpha value is -2.13. The second-order valence-corrected chi connectivity index (χ2v) is 8.66. The summed E-state index contributed by atoms with van der Waals surface area (Å²) in [6.45, 7) is 5.38. The van der Waals surface area contributed by atoms with Crippen molar-refractivity contribution in [2.24, 2.45) is 0 Å². The van der Waals surface area contributed by atoms with Crippen molar-refractivity contribution in [1.82, 2.24) is 9.21 Å². The van der Waals surface area contributed by atoms with Crippen molar-refractivity contribution in [2.75, 3.05) is 49.6 Å². The van der Waals surface area contributed by atoms with Crippen molar-refractivity contribution >= 4 is 33.2 Å². The largest absolute Gasteiger partial charge is 0.376 e. The molecule has 8 nitrogen and oxygen atoms in total. The number of rotatable bonds is 7. The Morgan fingerprint density at radius 3 is 2.33 bits per heavy atom. The molecule has 1 saturated heterocycles. The van der Waals surface area contributed by atoms with Crippen LogP contribution in [0.5, 0.6) is 0 Å². The SMILES string of the molecule is CCCC(=O)Nc1cccc(NCC(=O)N2CCN(S(C)(=O)=O)CC2)c1C. The van der Waals surface area contributed by atoms with Crippen LogP contribution in [0.25, 0.3) is 0 Å². The van der Waals surface area contributed by atoms with Gasteiger partial charge in [-0.3, -0.25) is 9.59 Å². The Morgan fingerprint density at radius 1 is 1.11 bits per heavy atom. The van der Waals surface area contributed by atoms with Crippen LogP contribution in [-0.2, 0) is 19.6 Å². The van der Waals surface area contributed by atoms with Gasteiger partial charge in [0, 0.05) is 44.0 Å². The van der Waals surface area contributed by atoms with E-state index in [-0.39, 0.29) is 18.4 Å². The first-order chi connectivity index (χ1) is 12.7. The molecule has 27 heavy (non-hydrogen) atoms. The Balaban J connectivity index is 1.91. The Bertz CT molecular complexity index is 787. The quantitative estimate of drug-likeness (QED) is 0.723. The molecule has 2 amide bonds. The maximum atomic E-state index is 12.4. The van der Waals surface area contributed by atoms with E-state index in [2.05, 4.69) is 10.6 Å². The fraction of sp³-hybridized carbons (Fsp3) is 0.556. The number of nitrogens with zero attached hydrogens (tertiary/aromatic N) is 2. The first kappa shape index (κ1) is 21.2. The average molecular weight is 397 g/mol. The van der Waals surface area contributed by atoms with E-state index in [0.29, 0.717) is 32.6 Å². The number of benzene rings is 1. The number of carbonyl (C=O) groups excluding carboxylic acids is 2. The molecule has 0 saturated carbocycles. The van der Waals surface area contributed by atoms with Gasteiger partial charge in [0.25, 0.3) is 0 Å². The molecule has 0 unspecified atom stereocenters. The van der Waals surface area contributed by atoms with Gasteiger partial charge >= 0.3 is 0 Å². The van der Waals surface area contributed by atoms with Gasteiger partial charge in [0.05, 0.1) is 12.8 Å². The molecule has 1 aromatic carbocycles. The summed E-state index contributed by atoms with van der Waals surface area (Å²) < 4.78 is 24.5. The highest BCUT2D eigenvalue weighted by Gasteiger charge is 2.25. The minimum Gasteiger partial charge on any atom is -0.376 e. The maximum absolute atomic E-state index is 12.4. The normalized spacial score (nSPS) is 15.4. The van der Waals surface area contributed by atoms with Crippen LogP contribution in [0.1, 0.15) is 25.3 Å². The molecule has 1 aliphatic rings. The molecule has 9 heteroatoms. The summed E-state index contributed by atoms with van der Waals surface area (Å²) in [6, 6.07) is 5.52. The highest BCUT2D eigenvalue weighted by molar-refractivity contribution is 7.88. The predicted octanol–water partition coefficient (Wildman–Crippen LogP) is 1.25. The van der Waals surface area contributed by atoms with E-state index in [1.54, 1.807) is 4.90 Å². The second-order valence-electron chi connectivity index (χ2n) is 6.67. The van der Waals surface area contributed by atoms with E-state index in [1.165, 1.54) is 10.6 Å². The van der Waals surface area contributed by atoms with Gasteiger partial charge < -0.3 is 15.5 Å². The summed E-state index contributed by atoms with van der Waals surface area (Å²) in [6.07, 6.45) is 2.43. The third kappa shape index (κ3) is 5.93. The third-order valence-electron chi connectivity index (χ3n) is 4.58. The fourth-order valence-corrected chi connectivity index (χ4v) is 3.78. The summed E-state index contributed by atoms with van der Waals surface area (Å²) in [5.41, 5.74) is 2.39. The van der Waals surface area contributed by atoms with Crippen LogP contribution in [0.15, 0.2) is 18.2 Å². The number of amides is 2. The number of carbonyl (C=O) groups is 2. The van der Waals surface area contributed by atoms with Crippen molar-refractivity contribution < 1.29 is 18.0 Å². The van der Waals surface area contributed by atoms with Crippen LogP contribution in [-0.4, -0.2) is 68.4 Å². The van der Waals surface area contributed by atoms with Gasteiger partial charge in [-0.15, -0.1) is 0 Å². The van der Waals surface area contributed by atoms with Gasteiger partial charge in [0.2, 0.25) is 21.8 Å². The molecular formula is C18H28N4O4S. The molecule has 0 aliphatic carbocycles. The lowest BCUT2D eigenvalue weighted by molar-refractivity contribution is -0.130. The van der Waals surface area contributed by atoms with Gasteiger partial charge in [-0.05, 0) is 31.0 Å². The lowest BCUT2D eigenvalue weighted by atomic mass is 10.1. The van der Waals surface area contributed by atoms with E-state index in [1.807, 2.05) is 32.0 Å². The van der Waals surface area contributed by atoms with Crippen molar-refractivity contribution in [3.63, 3.8) is 0 Å². The summed E-state index contributed by atoms with van der Waals surface area (Å²) in [5, 5.41) is 6.01. The third-order valence-corrected chi connectivity index (χ3v) is 5.88. The number of hydrogen-bond donors (Lipinski definition) is 2. The summed E-state index contributed by atoms with van der Waals surface area (Å²) >= 11 is 0.